The number of carboxylic acid groups (broad SMARTS) is 1. The number of H-pyrrole nitrogens is 1. The van der Waals surface area contributed by atoms with Crippen LogP contribution in [0.3, 0.4) is 0 Å². The van der Waals surface area contributed by atoms with Crippen molar-refractivity contribution in [2.45, 2.75) is 17.7 Å². The summed E-state index contributed by atoms with van der Waals surface area (Å²) in [5.41, 5.74) is 0.554. The van der Waals surface area contributed by atoms with Crippen LogP contribution in [0.2, 0.25) is 10.0 Å². The molecule has 0 spiro atoms. The van der Waals surface area contributed by atoms with Gasteiger partial charge in [-0.2, -0.15) is 4.98 Å². The van der Waals surface area contributed by atoms with Crippen molar-refractivity contribution in [2.75, 3.05) is 0 Å². The third-order valence-corrected chi connectivity index (χ3v) is 4.45. The highest BCUT2D eigenvalue weighted by Gasteiger charge is 2.17. The van der Waals surface area contributed by atoms with E-state index in [-0.39, 0.29) is 16.3 Å². The molecule has 2 rings (SSSR count). The lowest BCUT2D eigenvalue weighted by Gasteiger charge is -2.07. The minimum absolute atomic E-state index is 0.000314. The van der Waals surface area contributed by atoms with Crippen LogP contribution in [0.1, 0.15) is 21.6 Å². The van der Waals surface area contributed by atoms with Gasteiger partial charge < -0.3 is 10.1 Å². The zero-order valence-electron chi connectivity index (χ0n) is 10.8. The molecule has 2 N–H and O–H groups in total. The van der Waals surface area contributed by atoms with E-state index in [1.165, 1.54) is 6.92 Å². The summed E-state index contributed by atoms with van der Waals surface area (Å²) in [6.45, 7) is 1.52. The maximum atomic E-state index is 11.4. The van der Waals surface area contributed by atoms with Crippen LogP contribution in [0.4, 0.5) is 0 Å². The first-order chi connectivity index (χ1) is 9.88. The number of thioether (sulfide) groups is 1. The second kappa shape index (κ2) is 6.51. The molecule has 5 nitrogen and oxygen atoms in total. The summed E-state index contributed by atoms with van der Waals surface area (Å²) in [5, 5.41) is 10.2. The summed E-state index contributed by atoms with van der Waals surface area (Å²) in [6.07, 6.45) is 0. The third-order valence-electron chi connectivity index (χ3n) is 2.66. The zero-order chi connectivity index (χ0) is 15.6. The van der Waals surface area contributed by atoms with Gasteiger partial charge in [0.2, 0.25) is 0 Å². The van der Waals surface area contributed by atoms with Crippen LogP contribution in [0.15, 0.2) is 28.0 Å². The van der Waals surface area contributed by atoms with Crippen LogP contribution in [0, 0.1) is 6.92 Å². The van der Waals surface area contributed by atoms with E-state index in [4.69, 9.17) is 23.2 Å². The first kappa shape index (κ1) is 15.9. The molecule has 0 aliphatic heterocycles. The number of aryl methyl sites for hydroxylation is 1. The van der Waals surface area contributed by atoms with Crippen molar-refractivity contribution in [1.29, 1.82) is 0 Å². The van der Waals surface area contributed by atoms with Crippen molar-refractivity contribution in [1.82, 2.24) is 9.97 Å². The van der Waals surface area contributed by atoms with Gasteiger partial charge in [-0.3, -0.25) is 0 Å². The van der Waals surface area contributed by atoms with Crippen molar-refractivity contribution in [2.24, 2.45) is 0 Å². The molecule has 1 aromatic heterocycles. The molecular formula is C13H10Cl2N2O3S. The normalized spacial score (nSPS) is 10.6. The highest BCUT2D eigenvalue weighted by atomic mass is 35.5. The molecule has 110 valence electrons. The smallest absolute Gasteiger partial charge is 0.346 e. The molecule has 0 aliphatic rings. The number of nitrogens with one attached hydrogen (secondary N) is 1. The molecule has 1 aromatic carbocycles. The number of benzene rings is 1. The topological polar surface area (TPSA) is 83.0 Å². The Hall–Kier alpha value is -1.50. The van der Waals surface area contributed by atoms with Crippen LogP contribution in [-0.4, -0.2) is 21.0 Å². The van der Waals surface area contributed by atoms with Crippen LogP contribution in [0.25, 0.3) is 0 Å². The van der Waals surface area contributed by atoms with Gasteiger partial charge in [0.1, 0.15) is 10.6 Å². The average molecular weight is 345 g/mol. The summed E-state index contributed by atoms with van der Waals surface area (Å²) < 4.78 is 0. The molecule has 0 unspecified atom stereocenters. The van der Waals surface area contributed by atoms with Gasteiger partial charge in [-0.05, 0) is 24.6 Å². The molecule has 2 aromatic rings. The molecule has 0 fully saturated rings. The monoisotopic (exact) mass is 344 g/mol. The second-order valence-electron chi connectivity index (χ2n) is 4.19. The van der Waals surface area contributed by atoms with Gasteiger partial charge >= 0.3 is 11.7 Å². The molecule has 0 bridgehead atoms. The summed E-state index contributed by atoms with van der Waals surface area (Å²) in [6, 6.07) is 5.13. The lowest BCUT2D eigenvalue weighted by atomic mass is 10.2. The van der Waals surface area contributed by atoms with Crippen molar-refractivity contribution in [3.8, 4) is 0 Å². The fourth-order valence-electron chi connectivity index (χ4n) is 1.70. The molecular weight excluding hydrogens is 335 g/mol. The zero-order valence-corrected chi connectivity index (χ0v) is 13.1. The fourth-order valence-corrected chi connectivity index (χ4v) is 3.03. The summed E-state index contributed by atoms with van der Waals surface area (Å²) in [4.78, 5) is 28.7. The Morgan fingerprint density at radius 2 is 2.10 bits per heavy atom. The van der Waals surface area contributed by atoms with E-state index in [2.05, 4.69) is 9.97 Å². The molecule has 0 aliphatic carbocycles. The Kier molecular flexibility index (Phi) is 4.92. The minimum atomic E-state index is -1.13. The molecule has 0 saturated heterocycles. The molecule has 21 heavy (non-hydrogen) atoms. The number of carboxylic acids is 1. The number of aromatic nitrogens is 2. The van der Waals surface area contributed by atoms with E-state index < -0.39 is 11.7 Å². The van der Waals surface area contributed by atoms with E-state index in [1.807, 2.05) is 0 Å². The van der Waals surface area contributed by atoms with Gasteiger partial charge in [0.15, 0.2) is 0 Å². The maximum Gasteiger partial charge on any atom is 0.346 e. The Balaban J connectivity index is 2.29. The first-order valence-corrected chi connectivity index (χ1v) is 7.53. The second-order valence-corrected chi connectivity index (χ2v) is 5.97. The van der Waals surface area contributed by atoms with Crippen molar-refractivity contribution < 1.29 is 9.90 Å². The van der Waals surface area contributed by atoms with E-state index >= 15 is 0 Å². The minimum Gasteiger partial charge on any atom is -0.478 e. The van der Waals surface area contributed by atoms with Crippen molar-refractivity contribution >= 4 is 40.9 Å². The van der Waals surface area contributed by atoms with Gasteiger partial charge in [-0.25, -0.2) is 9.59 Å². The maximum absolute atomic E-state index is 11.4. The number of rotatable bonds is 4. The number of nitrogens with zero attached hydrogens (tertiary/aromatic N) is 1. The Morgan fingerprint density at radius 3 is 2.71 bits per heavy atom. The quantitative estimate of drug-likeness (QED) is 0.656. The van der Waals surface area contributed by atoms with Crippen LogP contribution < -0.4 is 5.69 Å². The fraction of sp³-hybridized carbons (Fsp3) is 0.154. The van der Waals surface area contributed by atoms with E-state index in [1.54, 1.807) is 18.2 Å². The lowest BCUT2D eigenvalue weighted by molar-refractivity contribution is 0.0690. The number of hydrogen-bond acceptors (Lipinski definition) is 4. The van der Waals surface area contributed by atoms with Gasteiger partial charge in [-0.1, -0.05) is 29.3 Å². The van der Waals surface area contributed by atoms with Crippen LogP contribution >= 0.6 is 35.0 Å². The number of aromatic carboxylic acids is 1. The molecule has 0 saturated carbocycles. The standard InChI is InChI=1S/C13H10Cl2N2O3S/c1-6-10(12(18)19)11(17-13(20)16-6)21-5-7-2-3-8(14)9(15)4-7/h2-4H,5H2,1H3,(H,18,19)(H,16,17,20). The predicted molar refractivity (Wildman–Crippen MR) is 82.6 cm³/mol. The van der Waals surface area contributed by atoms with Gasteiger partial charge in [0, 0.05) is 11.4 Å². The number of halogens is 2. The summed E-state index contributed by atoms with van der Waals surface area (Å²) >= 11 is 12.9. The van der Waals surface area contributed by atoms with Crippen LogP contribution in [-0.2, 0) is 5.75 Å². The number of carbonyl (C=O) groups is 1. The van der Waals surface area contributed by atoms with Crippen molar-refractivity contribution in [3.63, 3.8) is 0 Å². The Morgan fingerprint density at radius 1 is 1.38 bits per heavy atom. The Bertz CT molecular complexity index is 762. The molecule has 0 amide bonds. The largest absolute Gasteiger partial charge is 0.478 e. The SMILES string of the molecule is Cc1[nH]c(=O)nc(SCc2ccc(Cl)c(Cl)c2)c1C(=O)O. The van der Waals surface area contributed by atoms with Crippen molar-refractivity contribution in [3.05, 3.63) is 55.5 Å². The molecule has 0 radical (unpaired) electrons. The highest BCUT2D eigenvalue weighted by Crippen LogP contribution is 2.28. The Labute approximate surface area is 134 Å². The first-order valence-electron chi connectivity index (χ1n) is 5.79. The van der Waals surface area contributed by atoms with E-state index in [9.17, 15) is 14.7 Å². The van der Waals surface area contributed by atoms with Gasteiger partial charge in [0.05, 0.1) is 10.0 Å². The molecule has 0 atom stereocenters. The van der Waals surface area contributed by atoms with E-state index in [0.29, 0.717) is 15.8 Å². The number of aromatic amines is 1. The highest BCUT2D eigenvalue weighted by molar-refractivity contribution is 7.98. The molecule has 1 heterocycles. The average Bonchev–Trinajstić information content (AvgIpc) is 2.38. The summed E-state index contributed by atoms with van der Waals surface area (Å²) in [7, 11) is 0. The lowest BCUT2D eigenvalue weighted by Crippen LogP contribution is -2.18. The summed E-state index contributed by atoms with van der Waals surface area (Å²) in [5.74, 6) is -0.708. The number of hydrogen-bond donors (Lipinski definition) is 2. The van der Waals surface area contributed by atoms with E-state index in [0.717, 1.165) is 17.3 Å². The van der Waals surface area contributed by atoms with Crippen LogP contribution in [0.5, 0.6) is 0 Å². The van der Waals surface area contributed by atoms with Gasteiger partial charge in [0.25, 0.3) is 0 Å². The third kappa shape index (κ3) is 3.78. The predicted octanol–water partition coefficient (Wildman–Crippen LogP) is 3.38. The van der Waals surface area contributed by atoms with Gasteiger partial charge in [-0.15, -0.1) is 11.8 Å². The molecule has 8 heteroatoms.